The van der Waals surface area contributed by atoms with E-state index in [1.807, 2.05) is 0 Å². The molecule has 0 spiro atoms. The first kappa shape index (κ1) is 9.33. The summed E-state index contributed by atoms with van der Waals surface area (Å²) in [4.78, 5) is 0. The van der Waals surface area contributed by atoms with Crippen molar-refractivity contribution in [2.24, 2.45) is 7.05 Å². The van der Waals surface area contributed by atoms with Gasteiger partial charge in [0.2, 0.25) is 0 Å². The first-order valence-electron chi connectivity index (χ1n) is 4.39. The molecule has 0 aliphatic rings. The minimum Gasteiger partial charge on any atom is -0.396 e. The van der Waals surface area contributed by atoms with Gasteiger partial charge in [-0.05, 0) is 38.3 Å². The highest BCUT2D eigenvalue weighted by Crippen LogP contribution is 2.14. The van der Waals surface area contributed by atoms with E-state index in [9.17, 15) is 0 Å². The number of rotatable bonds is 3. The van der Waals surface area contributed by atoms with Gasteiger partial charge in [0.15, 0.2) is 0 Å². The zero-order chi connectivity index (χ0) is 9.14. The van der Waals surface area contributed by atoms with Crippen molar-refractivity contribution in [3.05, 3.63) is 23.0 Å². The van der Waals surface area contributed by atoms with Crippen LogP contribution >= 0.6 is 0 Å². The Morgan fingerprint density at radius 1 is 1.42 bits per heavy atom. The molecule has 1 heterocycles. The maximum atomic E-state index is 8.69. The van der Waals surface area contributed by atoms with E-state index in [1.54, 1.807) is 0 Å². The van der Waals surface area contributed by atoms with E-state index in [-0.39, 0.29) is 6.61 Å². The second-order valence-corrected chi connectivity index (χ2v) is 3.28. The molecular weight excluding hydrogens is 150 g/mol. The summed E-state index contributed by atoms with van der Waals surface area (Å²) in [5.41, 5.74) is 3.98. The van der Waals surface area contributed by atoms with Crippen molar-refractivity contribution in [3.8, 4) is 0 Å². The highest BCUT2D eigenvalue weighted by atomic mass is 16.2. The van der Waals surface area contributed by atoms with Gasteiger partial charge in [-0.25, -0.2) is 0 Å². The van der Waals surface area contributed by atoms with Gasteiger partial charge in [0.1, 0.15) is 0 Å². The molecule has 0 saturated heterocycles. The van der Waals surface area contributed by atoms with Crippen LogP contribution in [0.5, 0.6) is 0 Å². The van der Waals surface area contributed by atoms with Crippen molar-refractivity contribution in [1.82, 2.24) is 4.57 Å². The molecule has 0 fully saturated rings. The van der Waals surface area contributed by atoms with E-state index in [0.717, 1.165) is 12.8 Å². The first-order chi connectivity index (χ1) is 5.66. The summed E-state index contributed by atoms with van der Waals surface area (Å²) in [5, 5.41) is 8.69. The average Bonchev–Trinajstić information content (AvgIpc) is 2.30. The van der Waals surface area contributed by atoms with Crippen molar-refractivity contribution >= 4 is 0 Å². The summed E-state index contributed by atoms with van der Waals surface area (Å²) >= 11 is 0. The van der Waals surface area contributed by atoms with Gasteiger partial charge in [0.25, 0.3) is 0 Å². The Morgan fingerprint density at radius 3 is 2.50 bits per heavy atom. The van der Waals surface area contributed by atoms with Crippen molar-refractivity contribution in [2.45, 2.75) is 26.7 Å². The number of aryl methyl sites for hydroxylation is 2. The number of aromatic nitrogens is 1. The van der Waals surface area contributed by atoms with Crippen LogP contribution in [0.4, 0.5) is 0 Å². The van der Waals surface area contributed by atoms with Gasteiger partial charge in [-0.2, -0.15) is 0 Å². The van der Waals surface area contributed by atoms with Gasteiger partial charge in [-0.3, -0.25) is 0 Å². The van der Waals surface area contributed by atoms with Gasteiger partial charge < -0.3 is 9.67 Å². The van der Waals surface area contributed by atoms with Crippen LogP contribution in [0.2, 0.25) is 0 Å². The molecule has 0 atom stereocenters. The van der Waals surface area contributed by atoms with Crippen LogP contribution in [-0.2, 0) is 13.5 Å². The summed E-state index contributed by atoms with van der Waals surface area (Å²) in [6.45, 7) is 4.52. The smallest absolute Gasteiger partial charge is 0.0434 e. The largest absolute Gasteiger partial charge is 0.396 e. The highest BCUT2D eigenvalue weighted by Gasteiger charge is 2.04. The fourth-order valence-corrected chi connectivity index (χ4v) is 1.46. The van der Waals surface area contributed by atoms with Gasteiger partial charge in [-0.15, -0.1) is 0 Å². The van der Waals surface area contributed by atoms with Gasteiger partial charge in [0.05, 0.1) is 0 Å². The number of hydrogen-bond acceptors (Lipinski definition) is 1. The highest BCUT2D eigenvalue weighted by molar-refractivity contribution is 5.26. The maximum Gasteiger partial charge on any atom is 0.0434 e. The quantitative estimate of drug-likeness (QED) is 0.726. The van der Waals surface area contributed by atoms with Crippen molar-refractivity contribution < 1.29 is 5.11 Å². The van der Waals surface area contributed by atoms with Crippen LogP contribution in [0, 0.1) is 13.8 Å². The van der Waals surface area contributed by atoms with Crippen LogP contribution in [-0.4, -0.2) is 16.3 Å². The molecule has 2 nitrogen and oxygen atoms in total. The molecule has 1 aromatic heterocycles. The summed E-state index contributed by atoms with van der Waals surface area (Å²) in [6.07, 6.45) is 1.86. The predicted molar refractivity (Wildman–Crippen MR) is 50.3 cm³/mol. The third-order valence-electron chi connectivity index (χ3n) is 2.48. The second-order valence-electron chi connectivity index (χ2n) is 3.28. The monoisotopic (exact) mass is 167 g/mol. The lowest BCUT2D eigenvalue weighted by atomic mass is 10.1. The molecule has 1 N–H and O–H groups in total. The van der Waals surface area contributed by atoms with E-state index in [4.69, 9.17) is 5.11 Å². The van der Waals surface area contributed by atoms with Crippen LogP contribution < -0.4 is 0 Å². The van der Waals surface area contributed by atoms with E-state index < -0.39 is 0 Å². The molecule has 2 heteroatoms. The molecule has 0 saturated carbocycles. The Kier molecular flexibility index (Phi) is 2.93. The Bertz CT molecular complexity index is 263. The molecule has 0 aliphatic carbocycles. The fourth-order valence-electron chi connectivity index (χ4n) is 1.46. The van der Waals surface area contributed by atoms with E-state index in [1.165, 1.54) is 17.0 Å². The van der Waals surface area contributed by atoms with Gasteiger partial charge in [0, 0.05) is 25.0 Å². The molecule has 68 valence electrons. The van der Waals surface area contributed by atoms with Crippen LogP contribution in [0.25, 0.3) is 0 Å². The molecule has 12 heavy (non-hydrogen) atoms. The minimum absolute atomic E-state index is 0.285. The standard InChI is InChI=1S/C10H17NO/c1-8-7-10(5-4-6-12)9(2)11(8)3/h7,12H,4-6H2,1-3H3. The van der Waals surface area contributed by atoms with Gasteiger partial charge >= 0.3 is 0 Å². The summed E-state index contributed by atoms with van der Waals surface area (Å²) in [5.74, 6) is 0. The Balaban J connectivity index is 2.79. The molecule has 0 bridgehead atoms. The molecular formula is C10H17NO. The lowest BCUT2D eigenvalue weighted by Crippen LogP contribution is -1.95. The third kappa shape index (κ3) is 1.69. The van der Waals surface area contributed by atoms with Crippen molar-refractivity contribution in [3.63, 3.8) is 0 Å². The maximum absolute atomic E-state index is 8.69. The molecule has 0 aliphatic heterocycles. The lowest BCUT2D eigenvalue weighted by molar-refractivity contribution is 0.288. The minimum atomic E-state index is 0.285. The predicted octanol–water partition coefficient (Wildman–Crippen LogP) is 1.57. The number of aliphatic hydroxyl groups excluding tert-OH is 1. The Hall–Kier alpha value is -0.760. The summed E-state index contributed by atoms with van der Waals surface area (Å²) < 4.78 is 2.19. The molecule has 0 amide bonds. The molecule has 1 rings (SSSR count). The van der Waals surface area contributed by atoms with Crippen LogP contribution in [0.15, 0.2) is 6.07 Å². The van der Waals surface area contributed by atoms with E-state index in [0.29, 0.717) is 0 Å². The molecule has 1 aromatic rings. The van der Waals surface area contributed by atoms with Crippen molar-refractivity contribution in [1.29, 1.82) is 0 Å². The van der Waals surface area contributed by atoms with E-state index >= 15 is 0 Å². The second kappa shape index (κ2) is 3.76. The SMILES string of the molecule is Cc1cc(CCCO)c(C)n1C. The molecule has 0 radical (unpaired) electrons. The summed E-state index contributed by atoms with van der Waals surface area (Å²) in [6, 6.07) is 2.20. The zero-order valence-electron chi connectivity index (χ0n) is 8.09. The van der Waals surface area contributed by atoms with Gasteiger partial charge in [-0.1, -0.05) is 0 Å². The molecule has 0 aromatic carbocycles. The number of hydrogen-bond donors (Lipinski definition) is 1. The topological polar surface area (TPSA) is 25.2 Å². The van der Waals surface area contributed by atoms with Crippen LogP contribution in [0.3, 0.4) is 0 Å². The summed E-state index contributed by atoms with van der Waals surface area (Å²) in [7, 11) is 2.08. The average molecular weight is 167 g/mol. The third-order valence-corrected chi connectivity index (χ3v) is 2.48. The van der Waals surface area contributed by atoms with Crippen LogP contribution in [0.1, 0.15) is 23.4 Å². The Labute approximate surface area is 73.8 Å². The first-order valence-corrected chi connectivity index (χ1v) is 4.39. The van der Waals surface area contributed by atoms with E-state index in [2.05, 4.69) is 31.5 Å². The van der Waals surface area contributed by atoms with Crippen molar-refractivity contribution in [2.75, 3.05) is 6.61 Å². The zero-order valence-corrected chi connectivity index (χ0v) is 8.09. The fraction of sp³-hybridized carbons (Fsp3) is 0.600. The number of aliphatic hydroxyl groups is 1. The normalized spacial score (nSPS) is 10.7. The Morgan fingerprint density at radius 2 is 2.08 bits per heavy atom. The number of nitrogens with zero attached hydrogens (tertiary/aromatic N) is 1. The lowest BCUT2D eigenvalue weighted by Gasteiger charge is -2.00. The molecule has 0 unspecified atom stereocenters.